The zero-order valence-electron chi connectivity index (χ0n) is 17.9. The van der Waals surface area contributed by atoms with E-state index in [1.165, 1.54) is 12.5 Å². The largest absolute Gasteiger partial charge is 0.480 e. The third kappa shape index (κ3) is 9.57. The fourth-order valence-corrected chi connectivity index (χ4v) is 2.68. The van der Waals surface area contributed by atoms with E-state index in [9.17, 15) is 24.3 Å². The van der Waals surface area contributed by atoms with Crippen LogP contribution in [0, 0.1) is 5.92 Å². The Balaban J connectivity index is 2.63. The van der Waals surface area contributed by atoms with Crippen LogP contribution in [0.1, 0.15) is 38.8 Å². The van der Waals surface area contributed by atoms with Crippen LogP contribution in [0.3, 0.4) is 0 Å². The SMILES string of the molecule is CC(C)C(N)C(=O)NC(CCCCN)C(=O)NCC(=O)NC(Cc1cnc[nH]1)C(=O)O. The molecule has 0 bridgehead atoms. The second-order valence-corrected chi connectivity index (χ2v) is 7.57. The van der Waals surface area contributed by atoms with E-state index in [0.717, 1.165) is 0 Å². The minimum atomic E-state index is -1.22. The van der Waals surface area contributed by atoms with Crippen molar-refractivity contribution in [1.82, 2.24) is 25.9 Å². The molecule has 31 heavy (non-hydrogen) atoms. The molecule has 0 aromatic carbocycles. The first-order valence-corrected chi connectivity index (χ1v) is 10.2. The van der Waals surface area contributed by atoms with Crippen LogP contribution in [0.25, 0.3) is 0 Å². The summed E-state index contributed by atoms with van der Waals surface area (Å²) in [6.07, 6.45) is 4.48. The van der Waals surface area contributed by atoms with Gasteiger partial charge in [0.15, 0.2) is 0 Å². The Hall–Kier alpha value is -2.99. The molecular weight excluding hydrogens is 406 g/mol. The van der Waals surface area contributed by atoms with E-state index in [-0.39, 0.29) is 12.3 Å². The number of carbonyl (C=O) groups excluding carboxylic acids is 3. The predicted octanol–water partition coefficient (Wildman–Crippen LogP) is -1.77. The Labute approximate surface area is 180 Å². The fraction of sp³-hybridized carbons (Fsp3) is 0.632. The number of nitrogens with two attached hydrogens (primary N) is 2. The molecule has 0 radical (unpaired) electrons. The van der Waals surface area contributed by atoms with E-state index in [0.29, 0.717) is 31.5 Å². The highest BCUT2D eigenvalue weighted by Gasteiger charge is 2.26. The van der Waals surface area contributed by atoms with Crippen molar-refractivity contribution >= 4 is 23.7 Å². The zero-order chi connectivity index (χ0) is 23.4. The van der Waals surface area contributed by atoms with Crippen molar-refractivity contribution in [3.63, 3.8) is 0 Å². The van der Waals surface area contributed by atoms with Gasteiger partial charge in [0.25, 0.3) is 0 Å². The van der Waals surface area contributed by atoms with Crippen molar-refractivity contribution < 1.29 is 24.3 Å². The van der Waals surface area contributed by atoms with Crippen molar-refractivity contribution in [2.75, 3.05) is 13.1 Å². The average Bonchev–Trinajstić information content (AvgIpc) is 3.23. The molecule has 174 valence electrons. The molecule has 3 unspecified atom stereocenters. The number of hydrogen-bond donors (Lipinski definition) is 7. The van der Waals surface area contributed by atoms with Crippen LogP contribution in [-0.2, 0) is 25.6 Å². The van der Waals surface area contributed by atoms with Crippen LogP contribution in [0.4, 0.5) is 0 Å². The van der Waals surface area contributed by atoms with Crippen LogP contribution in [-0.4, -0.2) is 70.0 Å². The van der Waals surface area contributed by atoms with Gasteiger partial charge >= 0.3 is 5.97 Å². The summed E-state index contributed by atoms with van der Waals surface area (Å²) in [5, 5.41) is 16.7. The number of H-pyrrole nitrogens is 1. The first-order chi connectivity index (χ1) is 14.6. The summed E-state index contributed by atoms with van der Waals surface area (Å²) < 4.78 is 0. The quantitative estimate of drug-likeness (QED) is 0.165. The fourth-order valence-electron chi connectivity index (χ4n) is 2.68. The van der Waals surface area contributed by atoms with E-state index in [4.69, 9.17) is 11.5 Å². The number of aliphatic carboxylic acids is 1. The van der Waals surface area contributed by atoms with Crippen LogP contribution >= 0.6 is 0 Å². The Kier molecular flexibility index (Phi) is 11.2. The standard InChI is InChI=1S/C19H33N7O5/c1-11(2)16(21)18(29)26-13(5-3-4-6-20)17(28)23-9-15(27)25-14(19(30)31)7-12-8-22-10-24-12/h8,10-11,13-14,16H,3-7,9,20-21H2,1-2H3,(H,22,24)(H,23,28)(H,25,27)(H,26,29)(H,30,31). The second kappa shape index (κ2) is 13.3. The topological polar surface area (TPSA) is 205 Å². The van der Waals surface area contributed by atoms with E-state index >= 15 is 0 Å². The molecule has 12 nitrogen and oxygen atoms in total. The predicted molar refractivity (Wildman–Crippen MR) is 113 cm³/mol. The number of imidazole rings is 1. The molecular formula is C19H33N7O5. The number of aromatic nitrogens is 2. The van der Waals surface area contributed by atoms with Gasteiger partial charge in [0.2, 0.25) is 17.7 Å². The van der Waals surface area contributed by atoms with E-state index in [1.807, 2.05) is 0 Å². The molecule has 0 aliphatic carbocycles. The monoisotopic (exact) mass is 439 g/mol. The van der Waals surface area contributed by atoms with Gasteiger partial charge < -0.3 is 37.5 Å². The average molecular weight is 440 g/mol. The summed E-state index contributed by atoms with van der Waals surface area (Å²) in [4.78, 5) is 54.9. The molecule has 0 fully saturated rings. The highest BCUT2D eigenvalue weighted by Crippen LogP contribution is 2.04. The molecule has 0 spiro atoms. The molecule has 1 rings (SSSR count). The van der Waals surface area contributed by atoms with Gasteiger partial charge in [-0.1, -0.05) is 13.8 Å². The van der Waals surface area contributed by atoms with E-state index in [2.05, 4.69) is 25.9 Å². The molecule has 1 aromatic heterocycles. The molecule has 12 heteroatoms. The highest BCUT2D eigenvalue weighted by atomic mass is 16.4. The van der Waals surface area contributed by atoms with Gasteiger partial charge in [-0.25, -0.2) is 9.78 Å². The first kappa shape index (κ1) is 26.0. The van der Waals surface area contributed by atoms with Crippen LogP contribution in [0.5, 0.6) is 0 Å². The maximum absolute atomic E-state index is 12.5. The molecule has 1 aromatic rings. The summed E-state index contributed by atoms with van der Waals surface area (Å²) in [5.41, 5.74) is 11.9. The number of hydrogen-bond acceptors (Lipinski definition) is 7. The third-order valence-electron chi connectivity index (χ3n) is 4.64. The molecule has 0 saturated carbocycles. The van der Waals surface area contributed by atoms with Crippen molar-refractivity contribution in [3.05, 3.63) is 18.2 Å². The number of rotatable bonds is 14. The van der Waals surface area contributed by atoms with Gasteiger partial charge in [-0.3, -0.25) is 14.4 Å². The lowest BCUT2D eigenvalue weighted by Crippen LogP contribution is -2.54. The van der Waals surface area contributed by atoms with E-state index < -0.39 is 48.4 Å². The first-order valence-electron chi connectivity index (χ1n) is 10.2. The number of nitrogens with zero attached hydrogens (tertiary/aromatic N) is 1. The molecule has 3 atom stereocenters. The lowest BCUT2D eigenvalue weighted by molar-refractivity contribution is -0.141. The van der Waals surface area contributed by atoms with Crippen LogP contribution < -0.4 is 27.4 Å². The summed E-state index contributed by atoms with van der Waals surface area (Å²) in [7, 11) is 0. The number of nitrogens with one attached hydrogen (secondary N) is 4. The number of carboxylic acid groups (broad SMARTS) is 1. The number of unbranched alkanes of at least 4 members (excludes halogenated alkanes) is 1. The minimum absolute atomic E-state index is 0.0138. The van der Waals surface area contributed by atoms with Gasteiger partial charge in [0.1, 0.15) is 12.1 Å². The highest BCUT2D eigenvalue weighted by molar-refractivity contribution is 5.92. The Bertz CT molecular complexity index is 723. The van der Waals surface area contributed by atoms with Gasteiger partial charge in [0.05, 0.1) is 18.9 Å². The zero-order valence-corrected chi connectivity index (χ0v) is 17.9. The van der Waals surface area contributed by atoms with Crippen molar-refractivity contribution in [2.45, 2.75) is 57.7 Å². The molecule has 9 N–H and O–H groups in total. The molecule has 3 amide bonds. The summed E-state index contributed by atoms with van der Waals surface area (Å²) in [6.45, 7) is 3.59. The smallest absolute Gasteiger partial charge is 0.326 e. The van der Waals surface area contributed by atoms with Gasteiger partial charge in [-0.15, -0.1) is 0 Å². The number of aromatic amines is 1. The summed E-state index contributed by atoms with van der Waals surface area (Å²) >= 11 is 0. The van der Waals surface area contributed by atoms with Crippen molar-refractivity contribution in [2.24, 2.45) is 17.4 Å². The number of carbonyl (C=O) groups is 4. The lowest BCUT2D eigenvalue weighted by Gasteiger charge is -2.22. The van der Waals surface area contributed by atoms with Gasteiger partial charge in [-0.2, -0.15) is 0 Å². The third-order valence-corrected chi connectivity index (χ3v) is 4.64. The number of carboxylic acids is 1. The Morgan fingerprint density at radius 1 is 1.13 bits per heavy atom. The van der Waals surface area contributed by atoms with E-state index in [1.54, 1.807) is 13.8 Å². The van der Waals surface area contributed by atoms with Crippen LogP contribution in [0.15, 0.2) is 12.5 Å². The van der Waals surface area contributed by atoms with Crippen molar-refractivity contribution in [1.29, 1.82) is 0 Å². The maximum atomic E-state index is 12.5. The minimum Gasteiger partial charge on any atom is -0.480 e. The van der Waals surface area contributed by atoms with Gasteiger partial charge in [-0.05, 0) is 31.7 Å². The molecule has 0 aliphatic heterocycles. The molecule has 0 saturated heterocycles. The normalized spacial score (nSPS) is 13.8. The van der Waals surface area contributed by atoms with Gasteiger partial charge in [0, 0.05) is 18.3 Å². The molecule has 0 aliphatic rings. The Morgan fingerprint density at radius 2 is 1.84 bits per heavy atom. The Morgan fingerprint density at radius 3 is 2.39 bits per heavy atom. The molecule has 1 heterocycles. The van der Waals surface area contributed by atoms with Crippen molar-refractivity contribution in [3.8, 4) is 0 Å². The lowest BCUT2D eigenvalue weighted by atomic mass is 10.0. The summed E-state index contributed by atoms with van der Waals surface area (Å²) in [5.74, 6) is -3.02. The maximum Gasteiger partial charge on any atom is 0.326 e. The van der Waals surface area contributed by atoms with Crippen LogP contribution in [0.2, 0.25) is 0 Å². The second-order valence-electron chi connectivity index (χ2n) is 7.57. The number of amides is 3. The summed E-state index contributed by atoms with van der Waals surface area (Å²) in [6, 6.07) is -2.84.